The van der Waals surface area contributed by atoms with E-state index in [4.69, 9.17) is 4.74 Å². The van der Waals surface area contributed by atoms with Crippen LogP contribution in [0.25, 0.3) is 0 Å². The van der Waals surface area contributed by atoms with Crippen LogP contribution in [0.5, 0.6) is 5.75 Å². The number of carbonyl (C=O) groups is 1. The summed E-state index contributed by atoms with van der Waals surface area (Å²) in [6.45, 7) is 2.64. The maximum atomic E-state index is 14.1. The molecule has 1 N–H and O–H groups in total. The van der Waals surface area contributed by atoms with Gasteiger partial charge >= 0.3 is 0 Å². The molecule has 1 aromatic rings. The number of benzene rings is 1. The summed E-state index contributed by atoms with van der Waals surface area (Å²) < 4.78 is 19.0. The molecule has 3 nitrogen and oxygen atoms in total. The van der Waals surface area contributed by atoms with Crippen LogP contribution in [-0.4, -0.2) is 25.0 Å². The summed E-state index contributed by atoms with van der Waals surface area (Å²) in [6, 6.07) is 4.67. The number of nitrogens with one attached hydrogen (secondary N) is 1. The number of halogens is 1. The highest BCUT2D eigenvalue weighted by molar-refractivity contribution is 6.03. The summed E-state index contributed by atoms with van der Waals surface area (Å²) in [5.74, 6) is -0.655. The second kappa shape index (κ2) is 5.06. The smallest absolute Gasteiger partial charge is 0.185 e. The normalized spacial score (nSPS) is 23.7. The molecule has 1 atom stereocenters. The van der Waals surface area contributed by atoms with Gasteiger partial charge in [-0.2, -0.15) is 0 Å². The number of rotatable bonds is 3. The number of Topliss-reactive ketones (excluding diaryl/α,β-unsaturated/α-hetero) is 1. The molecule has 0 amide bonds. The summed E-state index contributed by atoms with van der Waals surface area (Å²) in [5, 5.41) is 3.20. The summed E-state index contributed by atoms with van der Waals surface area (Å²) in [4.78, 5) is 12.5. The highest BCUT2D eigenvalue weighted by Crippen LogP contribution is 2.27. The summed E-state index contributed by atoms with van der Waals surface area (Å²) >= 11 is 0. The number of carbonyl (C=O) groups excluding carboxylic acids is 1. The maximum Gasteiger partial charge on any atom is 0.185 e. The molecule has 1 aliphatic rings. The Labute approximate surface area is 106 Å². The molecule has 0 aromatic heterocycles. The molecular formula is C14H18FNO2. The number of piperidine rings is 1. The lowest BCUT2D eigenvalue weighted by Gasteiger charge is -2.33. The molecule has 1 aliphatic heterocycles. The van der Waals surface area contributed by atoms with Crippen molar-refractivity contribution in [2.24, 2.45) is 0 Å². The van der Waals surface area contributed by atoms with Crippen LogP contribution in [0.2, 0.25) is 0 Å². The van der Waals surface area contributed by atoms with E-state index in [0.717, 1.165) is 25.8 Å². The van der Waals surface area contributed by atoms with Crippen molar-refractivity contribution in [3.63, 3.8) is 0 Å². The molecule has 0 radical (unpaired) electrons. The largest absolute Gasteiger partial charge is 0.494 e. The van der Waals surface area contributed by atoms with Gasteiger partial charge < -0.3 is 10.1 Å². The Morgan fingerprint density at radius 3 is 2.83 bits per heavy atom. The van der Waals surface area contributed by atoms with Crippen LogP contribution < -0.4 is 10.1 Å². The van der Waals surface area contributed by atoms with Gasteiger partial charge in [-0.3, -0.25) is 4.79 Å². The topological polar surface area (TPSA) is 38.3 Å². The standard InChI is InChI=1S/C14H18FNO2/c1-14(8-3-4-9-16-14)13(17)10-6-5-7-11(18-2)12(10)15/h5-7,16H,3-4,8-9H2,1-2H3. The maximum absolute atomic E-state index is 14.1. The van der Waals surface area contributed by atoms with E-state index in [-0.39, 0.29) is 17.1 Å². The van der Waals surface area contributed by atoms with Crippen LogP contribution in [0.3, 0.4) is 0 Å². The van der Waals surface area contributed by atoms with Crippen LogP contribution >= 0.6 is 0 Å². The Morgan fingerprint density at radius 1 is 1.44 bits per heavy atom. The molecule has 1 saturated heterocycles. The number of ketones is 1. The molecule has 0 saturated carbocycles. The number of hydrogen-bond acceptors (Lipinski definition) is 3. The van der Waals surface area contributed by atoms with Crippen molar-refractivity contribution in [3.05, 3.63) is 29.6 Å². The minimum Gasteiger partial charge on any atom is -0.494 e. The fraction of sp³-hybridized carbons (Fsp3) is 0.500. The van der Waals surface area contributed by atoms with Gasteiger partial charge in [0, 0.05) is 0 Å². The molecular weight excluding hydrogens is 233 g/mol. The Balaban J connectivity index is 2.33. The molecule has 1 unspecified atom stereocenters. The summed E-state index contributed by atoms with van der Waals surface area (Å²) in [7, 11) is 1.40. The van der Waals surface area contributed by atoms with Crippen LogP contribution in [0.4, 0.5) is 4.39 Å². The predicted octanol–water partition coefficient (Wildman–Crippen LogP) is 2.55. The van der Waals surface area contributed by atoms with Crippen LogP contribution in [0.1, 0.15) is 36.5 Å². The van der Waals surface area contributed by atoms with Gasteiger partial charge in [0.1, 0.15) is 0 Å². The number of hydrogen-bond donors (Lipinski definition) is 1. The first-order valence-electron chi connectivity index (χ1n) is 6.21. The van der Waals surface area contributed by atoms with Crippen LogP contribution in [0, 0.1) is 5.82 Å². The van der Waals surface area contributed by atoms with Gasteiger partial charge in [-0.25, -0.2) is 4.39 Å². The van der Waals surface area contributed by atoms with E-state index in [1.165, 1.54) is 19.2 Å². The molecule has 0 aliphatic carbocycles. The second-order valence-corrected chi connectivity index (χ2v) is 4.87. The first kappa shape index (κ1) is 13.0. The first-order chi connectivity index (χ1) is 8.58. The first-order valence-corrected chi connectivity index (χ1v) is 6.21. The van der Waals surface area contributed by atoms with Gasteiger partial charge in [0.05, 0.1) is 18.2 Å². The Hall–Kier alpha value is -1.42. The zero-order chi connectivity index (χ0) is 13.2. The van der Waals surface area contributed by atoms with Crippen LogP contribution in [0.15, 0.2) is 18.2 Å². The summed E-state index contributed by atoms with van der Waals surface area (Å²) in [6.07, 6.45) is 2.78. The van der Waals surface area contributed by atoms with Gasteiger partial charge in [0.25, 0.3) is 0 Å². The van der Waals surface area contributed by atoms with E-state index >= 15 is 0 Å². The third kappa shape index (κ3) is 2.25. The van der Waals surface area contributed by atoms with Crippen molar-refractivity contribution in [2.45, 2.75) is 31.7 Å². The van der Waals surface area contributed by atoms with Gasteiger partial charge in [-0.05, 0) is 44.9 Å². The highest BCUT2D eigenvalue weighted by atomic mass is 19.1. The van der Waals surface area contributed by atoms with Crippen molar-refractivity contribution in [3.8, 4) is 5.75 Å². The van der Waals surface area contributed by atoms with Crippen molar-refractivity contribution >= 4 is 5.78 Å². The Kier molecular flexibility index (Phi) is 3.66. The van der Waals surface area contributed by atoms with Gasteiger partial charge in [-0.1, -0.05) is 6.07 Å². The molecule has 4 heteroatoms. The molecule has 18 heavy (non-hydrogen) atoms. The average molecular weight is 251 g/mol. The van der Waals surface area contributed by atoms with E-state index in [0.29, 0.717) is 0 Å². The highest BCUT2D eigenvalue weighted by Gasteiger charge is 2.36. The summed E-state index contributed by atoms with van der Waals surface area (Å²) in [5.41, 5.74) is -0.558. The van der Waals surface area contributed by atoms with Gasteiger partial charge in [0.2, 0.25) is 0 Å². The van der Waals surface area contributed by atoms with Gasteiger partial charge in [0.15, 0.2) is 17.3 Å². The van der Waals surface area contributed by atoms with Crippen molar-refractivity contribution in [1.82, 2.24) is 5.32 Å². The number of ether oxygens (including phenoxy) is 1. The lowest BCUT2D eigenvalue weighted by molar-refractivity contribution is 0.0829. The molecule has 1 aromatic carbocycles. The quantitative estimate of drug-likeness (QED) is 0.839. The molecule has 1 heterocycles. The zero-order valence-corrected chi connectivity index (χ0v) is 10.8. The SMILES string of the molecule is COc1cccc(C(=O)C2(C)CCCCN2)c1F. The Bertz CT molecular complexity index is 453. The van der Waals surface area contributed by atoms with E-state index in [9.17, 15) is 9.18 Å². The Morgan fingerprint density at radius 2 is 2.22 bits per heavy atom. The van der Waals surface area contributed by atoms with E-state index in [1.54, 1.807) is 6.07 Å². The third-order valence-electron chi connectivity index (χ3n) is 3.55. The van der Waals surface area contributed by atoms with Crippen LogP contribution in [-0.2, 0) is 0 Å². The predicted molar refractivity (Wildman–Crippen MR) is 67.5 cm³/mol. The zero-order valence-electron chi connectivity index (χ0n) is 10.8. The van der Waals surface area contributed by atoms with E-state index in [1.807, 2.05) is 6.92 Å². The van der Waals surface area contributed by atoms with Crippen molar-refractivity contribution in [2.75, 3.05) is 13.7 Å². The number of methoxy groups -OCH3 is 1. The molecule has 1 fully saturated rings. The molecule has 0 spiro atoms. The van der Waals surface area contributed by atoms with E-state index < -0.39 is 11.4 Å². The third-order valence-corrected chi connectivity index (χ3v) is 3.55. The molecule has 0 bridgehead atoms. The lowest BCUT2D eigenvalue weighted by atomic mass is 9.83. The fourth-order valence-electron chi connectivity index (χ4n) is 2.39. The van der Waals surface area contributed by atoms with Crippen molar-refractivity contribution < 1.29 is 13.9 Å². The fourth-order valence-corrected chi connectivity index (χ4v) is 2.39. The second-order valence-electron chi connectivity index (χ2n) is 4.87. The minimum absolute atomic E-state index is 0.103. The monoisotopic (exact) mass is 251 g/mol. The molecule has 98 valence electrons. The van der Waals surface area contributed by atoms with Crippen molar-refractivity contribution in [1.29, 1.82) is 0 Å². The lowest BCUT2D eigenvalue weighted by Crippen LogP contribution is -2.52. The molecule has 2 rings (SSSR count). The van der Waals surface area contributed by atoms with E-state index in [2.05, 4.69) is 5.32 Å². The minimum atomic E-state index is -0.661. The average Bonchev–Trinajstić information content (AvgIpc) is 2.39. The van der Waals surface area contributed by atoms with Gasteiger partial charge in [-0.15, -0.1) is 0 Å².